The summed E-state index contributed by atoms with van der Waals surface area (Å²) in [4.78, 5) is 0.293. The van der Waals surface area contributed by atoms with Gasteiger partial charge in [-0.1, -0.05) is 18.2 Å². The van der Waals surface area contributed by atoms with E-state index in [9.17, 15) is 8.42 Å². The van der Waals surface area contributed by atoms with E-state index in [1.807, 2.05) is 0 Å². The van der Waals surface area contributed by atoms with Crippen molar-refractivity contribution in [2.45, 2.75) is 4.90 Å². The van der Waals surface area contributed by atoms with Crippen LogP contribution in [-0.2, 0) is 14.8 Å². The third kappa shape index (κ3) is 1.66. The second-order valence-electron chi connectivity index (χ2n) is 2.89. The largest absolute Gasteiger partial charge is 0.363 e. The quantitative estimate of drug-likeness (QED) is 0.729. The molecular formula is C9H10NO3S. The van der Waals surface area contributed by atoms with E-state index in [0.29, 0.717) is 11.5 Å². The number of hydrogen-bond donors (Lipinski definition) is 0. The van der Waals surface area contributed by atoms with Crippen molar-refractivity contribution >= 4 is 10.0 Å². The smallest absolute Gasteiger partial charge is 0.245 e. The average molecular weight is 212 g/mol. The van der Waals surface area contributed by atoms with Crippen LogP contribution in [0.3, 0.4) is 0 Å². The van der Waals surface area contributed by atoms with Gasteiger partial charge in [-0.15, -0.1) is 0 Å². The molecule has 4 nitrogen and oxygen atoms in total. The van der Waals surface area contributed by atoms with Gasteiger partial charge in [0.15, 0.2) is 0 Å². The first-order valence-electron chi connectivity index (χ1n) is 4.19. The van der Waals surface area contributed by atoms with Crippen LogP contribution in [0.15, 0.2) is 35.2 Å². The van der Waals surface area contributed by atoms with Crippen LogP contribution in [0.4, 0.5) is 0 Å². The number of ether oxygens (including phenoxy) is 1. The van der Waals surface area contributed by atoms with Gasteiger partial charge in [0.2, 0.25) is 10.0 Å². The van der Waals surface area contributed by atoms with Crippen molar-refractivity contribution < 1.29 is 13.2 Å². The molecule has 75 valence electrons. The van der Waals surface area contributed by atoms with Crippen molar-refractivity contribution in [3.8, 4) is 0 Å². The topological polar surface area (TPSA) is 46.6 Å². The zero-order valence-electron chi connectivity index (χ0n) is 7.46. The predicted octanol–water partition coefficient (Wildman–Crippen LogP) is 0.827. The lowest BCUT2D eigenvalue weighted by atomic mass is 10.4. The van der Waals surface area contributed by atoms with E-state index < -0.39 is 10.0 Å². The lowest BCUT2D eigenvalue weighted by Gasteiger charge is -2.12. The molecule has 0 saturated carbocycles. The van der Waals surface area contributed by atoms with E-state index >= 15 is 0 Å². The van der Waals surface area contributed by atoms with Crippen molar-refractivity contribution in [3.63, 3.8) is 0 Å². The number of sulfonamides is 1. The third-order valence-corrected chi connectivity index (χ3v) is 3.70. The second-order valence-corrected chi connectivity index (χ2v) is 4.78. The molecule has 2 rings (SSSR count). The molecule has 1 fully saturated rings. The molecule has 5 heteroatoms. The Labute approximate surface area is 83.2 Å². The molecule has 1 heterocycles. The maximum atomic E-state index is 11.8. The molecule has 0 spiro atoms. The Morgan fingerprint density at radius 3 is 2.50 bits per heavy atom. The fraction of sp³-hybridized carbons (Fsp3) is 0.222. The van der Waals surface area contributed by atoms with Gasteiger partial charge in [-0.2, -0.15) is 4.31 Å². The third-order valence-electron chi connectivity index (χ3n) is 1.96. The first-order valence-corrected chi connectivity index (χ1v) is 5.63. The van der Waals surface area contributed by atoms with E-state index in [-0.39, 0.29) is 6.73 Å². The van der Waals surface area contributed by atoms with Gasteiger partial charge in [-0.3, -0.25) is 0 Å². The Morgan fingerprint density at radius 2 is 1.93 bits per heavy atom. The van der Waals surface area contributed by atoms with Crippen LogP contribution in [0.5, 0.6) is 0 Å². The van der Waals surface area contributed by atoms with Gasteiger partial charge in [0.05, 0.1) is 18.0 Å². The van der Waals surface area contributed by atoms with Crippen molar-refractivity contribution in [1.29, 1.82) is 0 Å². The molecule has 1 aliphatic rings. The van der Waals surface area contributed by atoms with Crippen molar-refractivity contribution in [3.05, 3.63) is 36.9 Å². The van der Waals surface area contributed by atoms with E-state index in [1.54, 1.807) is 30.3 Å². The van der Waals surface area contributed by atoms with Crippen LogP contribution in [-0.4, -0.2) is 26.1 Å². The number of rotatable bonds is 2. The molecule has 0 atom stereocenters. The summed E-state index contributed by atoms with van der Waals surface area (Å²) in [6, 6.07) is 8.32. The molecule has 1 radical (unpaired) electrons. The minimum atomic E-state index is -3.39. The first-order chi connectivity index (χ1) is 6.71. The normalized spacial score (nSPS) is 18.6. The molecule has 1 saturated heterocycles. The highest BCUT2D eigenvalue weighted by Crippen LogP contribution is 2.18. The Morgan fingerprint density at radius 1 is 1.21 bits per heavy atom. The highest BCUT2D eigenvalue weighted by molar-refractivity contribution is 7.89. The van der Waals surface area contributed by atoms with Gasteiger partial charge in [0.25, 0.3) is 0 Å². The number of nitrogens with zero attached hydrogens (tertiary/aromatic N) is 1. The average Bonchev–Trinajstić information content (AvgIpc) is 2.72. The molecule has 14 heavy (non-hydrogen) atoms. The zero-order valence-corrected chi connectivity index (χ0v) is 8.28. The first kappa shape index (κ1) is 9.64. The highest BCUT2D eigenvalue weighted by Gasteiger charge is 2.27. The van der Waals surface area contributed by atoms with Gasteiger partial charge in [-0.25, -0.2) is 8.42 Å². The van der Waals surface area contributed by atoms with Crippen LogP contribution >= 0.6 is 0 Å². The Hall–Kier alpha value is -0.910. The van der Waals surface area contributed by atoms with Crippen molar-refractivity contribution in [2.24, 2.45) is 0 Å². The summed E-state index contributed by atoms with van der Waals surface area (Å²) >= 11 is 0. The number of hydrogen-bond acceptors (Lipinski definition) is 3. The standard InChI is InChI=1S/C9H10NO3S/c11-14(12,10-6-7-13-8-10)9-4-2-1-3-5-9/h1-6H,7-8H2. The zero-order chi connectivity index (χ0) is 10.0. The van der Waals surface area contributed by atoms with E-state index in [1.165, 1.54) is 10.8 Å². The maximum absolute atomic E-state index is 11.8. The molecular weight excluding hydrogens is 202 g/mol. The van der Waals surface area contributed by atoms with Gasteiger partial charge in [0.1, 0.15) is 6.73 Å². The molecule has 1 aromatic carbocycles. The van der Waals surface area contributed by atoms with Gasteiger partial charge < -0.3 is 4.74 Å². The van der Waals surface area contributed by atoms with Crippen LogP contribution in [0.2, 0.25) is 0 Å². The summed E-state index contributed by atoms with van der Waals surface area (Å²) in [5, 5.41) is 0. The van der Waals surface area contributed by atoms with E-state index in [0.717, 1.165) is 0 Å². The molecule has 0 aromatic heterocycles. The van der Waals surface area contributed by atoms with Crippen LogP contribution in [0.1, 0.15) is 0 Å². The second kappa shape index (κ2) is 3.68. The summed E-state index contributed by atoms with van der Waals surface area (Å²) < 4.78 is 29.9. The molecule has 0 N–H and O–H groups in total. The fourth-order valence-corrected chi connectivity index (χ4v) is 2.47. The van der Waals surface area contributed by atoms with Crippen LogP contribution in [0.25, 0.3) is 0 Å². The Balaban J connectivity index is 2.33. The molecule has 0 bridgehead atoms. The Kier molecular flexibility index (Phi) is 2.54. The monoisotopic (exact) mass is 212 g/mol. The predicted molar refractivity (Wildman–Crippen MR) is 50.6 cm³/mol. The van der Waals surface area contributed by atoms with Crippen molar-refractivity contribution in [2.75, 3.05) is 13.3 Å². The molecule has 1 aliphatic heterocycles. The van der Waals surface area contributed by atoms with Gasteiger partial charge in [0, 0.05) is 0 Å². The SMILES string of the molecule is O=S(=O)(c1ccccc1)N1[CH]COC1. The summed E-state index contributed by atoms with van der Waals surface area (Å²) in [5.74, 6) is 0. The lowest BCUT2D eigenvalue weighted by molar-refractivity contribution is 0.172. The molecule has 0 aliphatic carbocycles. The summed E-state index contributed by atoms with van der Waals surface area (Å²) in [5.41, 5.74) is 0. The maximum Gasteiger partial charge on any atom is 0.245 e. The minimum absolute atomic E-state index is 0.108. The molecule has 0 amide bonds. The number of benzene rings is 1. The molecule has 1 aromatic rings. The van der Waals surface area contributed by atoms with Crippen molar-refractivity contribution in [1.82, 2.24) is 4.31 Å². The lowest BCUT2D eigenvalue weighted by Crippen LogP contribution is -2.25. The van der Waals surface area contributed by atoms with Crippen LogP contribution < -0.4 is 0 Å². The molecule has 0 unspecified atom stereocenters. The van der Waals surface area contributed by atoms with Crippen LogP contribution in [0, 0.1) is 6.54 Å². The Bertz CT molecular complexity index is 395. The fourth-order valence-electron chi connectivity index (χ4n) is 1.23. The van der Waals surface area contributed by atoms with E-state index in [4.69, 9.17) is 4.74 Å². The summed E-state index contributed by atoms with van der Waals surface area (Å²) in [6.45, 7) is 1.99. The highest BCUT2D eigenvalue weighted by atomic mass is 32.2. The summed E-state index contributed by atoms with van der Waals surface area (Å²) in [7, 11) is -3.39. The summed E-state index contributed by atoms with van der Waals surface area (Å²) in [6.07, 6.45) is 0. The van der Waals surface area contributed by atoms with Gasteiger partial charge >= 0.3 is 0 Å². The van der Waals surface area contributed by atoms with E-state index in [2.05, 4.69) is 0 Å². The van der Waals surface area contributed by atoms with Gasteiger partial charge in [-0.05, 0) is 12.1 Å². The minimum Gasteiger partial charge on any atom is -0.363 e.